The predicted molar refractivity (Wildman–Crippen MR) is 140 cm³/mol. The number of unbranched alkanes of at least 4 members (excludes halogenated alkanes) is 2. The number of phenols is 1. The fourth-order valence-corrected chi connectivity index (χ4v) is 5.65. The van der Waals surface area contributed by atoms with Crippen LogP contribution in [0.4, 0.5) is 0 Å². The van der Waals surface area contributed by atoms with Crippen LogP contribution >= 0.6 is 0 Å². The summed E-state index contributed by atoms with van der Waals surface area (Å²) >= 11 is 0. The molecule has 3 atom stereocenters. The normalized spacial score (nSPS) is 20.4. The van der Waals surface area contributed by atoms with E-state index in [0.29, 0.717) is 17.6 Å². The lowest BCUT2D eigenvalue weighted by Crippen LogP contribution is -2.57. The molecule has 0 radical (unpaired) electrons. The van der Waals surface area contributed by atoms with Crippen molar-refractivity contribution < 1.29 is 9.90 Å². The summed E-state index contributed by atoms with van der Waals surface area (Å²) in [6.07, 6.45) is 5.35. The standard InChI is InChI=1S/C29H43N3O2/c1-6-9-10-16-31-18-21(5)32(19-20(31)4)28(23-12-11-13-24(33)17-23)27-22(7-2)14-15-26(29(30)34)25(27)8-3/h11-15,17,20-21,28,33H,6-10,16,18-19H2,1-5H3,(H2,30,34)/t20-,21+,28-/m1/s1. The number of phenolic OH excluding ortho intramolecular Hbond substituents is 1. The van der Waals surface area contributed by atoms with E-state index in [1.54, 1.807) is 6.07 Å². The summed E-state index contributed by atoms with van der Waals surface area (Å²) in [5.41, 5.74) is 10.9. The average Bonchev–Trinajstić information content (AvgIpc) is 2.81. The van der Waals surface area contributed by atoms with Gasteiger partial charge < -0.3 is 10.8 Å². The first-order valence-electron chi connectivity index (χ1n) is 13.0. The number of amides is 1. The van der Waals surface area contributed by atoms with Gasteiger partial charge in [0.15, 0.2) is 0 Å². The van der Waals surface area contributed by atoms with Crippen LogP contribution in [0.2, 0.25) is 0 Å². The molecule has 5 nitrogen and oxygen atoms in total. The molecule has 0 unspecified atom stereocenters. The van der Waals surface area contributed by atoms with E-state index in [4.69, 9.17) is 5.73 Å². The molecule has 0 bridgehead atoms. The predicted octanol–water partition coefficient (Wildman–Crippen LogP) is 5.29. The summed E-state index contributed by atoms with van der Waals surface area (Å²) in [5.74, 6) is -0.110. The molecular formula is C29H43N3O2. The number of aryl methyl sites for hydroxylation is 1. The maximum atomic E-state index is 12.4. The van der Waals surface area contributed by atoms with Crippen LogP contribution < -0.4 is 5.73 Å². The highest BCUT2D eigenvalue weighted by Crippen LogP contribution is 2.39. The number of primary amides is 1. The lowest BCUT2D eigenvalue weighted by atomic mass is 9.83. The Morgan fingerprint density at radius 3 is 2.44 bits per heavy atom. The SMILES string of the molecule is CCCCCN1C[C@H](C)N([C@H](c2cccc(O)c2)c2c(CC)ccc(C(N)=O)c2CC)C[C@H]1C. The molecule has 0 aliphatic carbocycles. The largest absolute Gasteiger partial charge is 0.508 e. The molecular weight excluding hydrogens is 422 g/mol. The smallest absolute Gasteiger partial charge is 0.248 e. The topological polar surface area (TPSA) is 69.8 Å². The summed E-state index contributed by atoms with van der Waals surface area (Å²) in [6, 6.07) is 12.3. The van der Waals surface area contributed by atoms with Gasteiger partial charge in [-0.1, -0.05) is 51.8 Å². The van der Waals surface area contributed by atoms with Crippen molar-refractivity contribution in [3.05, 3.63) is 64.2 Å². The van der Waals surface area contributed by atoms with Gasteiger partial charge in [-0.05, 0) is 80.1 Å². The molecule has 2 aromatic carbocycles. The van der Waals surface area contributed by atoms with Gasteiger partial charge in [0.2, 0.25) is 5.91 Å². The van der Waals surface area contributed by atoms with E-state index in [2.05, 4.69) is 56.6 Å². The fourth-order valence-electron chi connectivity index (χ4n) is 5.65. The number of carbonyl (C=O) groups is 1. The second kappa shape index (κ2) is 11.9. The second-order valence-corrected chi connectivity index (χ2v) is 9.83. The van der Waals surface area contributed by atoms with E-state index < -0.39 is 0 Å². The quantitative estimate of drug-likeness (QED) is 0.468. The molecule has 1 aliphatic heterocycles. The molecule has 0 aromatic heterocycles. The van der Waals surface area contributed by atoms with Crippen LogP contribution in [0, 0.1) is 0 Å². The van der Waals surface area contributed by atoms with Gasteiger partial charge in [-0.25, -0.2) is 0 Å². The van der Waals surface area contributed by atoms with Crippen LogP contribution in [0.15, 0.2) is 36.4 Å². The summed E-state index contributed by atoms with van der Waals surface area (Å²) in [4.78, 5) is 17.6. The lowest BCUT2D eigenvalue weighted by Gasteiger charge is -2.48. The number of benzene rings is 2. The van der Waals surface area contributed by atoms with Gasteiger partial charge in [0.05, 0.1) is 6.04 Å². The van der Waals surface area contributed by atoms with Gasteiger partial charge in [-0.2, -0.15) is 0 Å². The molecule has 5 heteroatoms. The Kier molecular flexibility index (Phi) is 9.15. The Hall–Kier alpha value is -2.37. The van der Waals surface area contributed by atoms with E-state index in [1.165, 1.54) is 30.4 Å². The van der Waals surface area contributed by atoms with Gasteiger partial charge in [-0.15, -0.1) is 0 Å². The molecule has 3 N–H and O–H groups in total. The van der Waals surface area contributed by atoms with Crippen LogP contribution in [-0.2, 0) is 12.8 Å². The van der Waals surface area contributed by atoms with E-state index in [9.17, 15) is 9.90 Å². The molecule has 3 rings (SSSR count). The highest BCUT2D eigenvalue weighted by molar-refractivity contribution is 5.95. The minimum absolute atomic E-state index is 0.0495. The van der Waals surface area contributed by atoms with Gasteiger partial charge >= 0.3 is 0 Å². The van der Waals surface area contributed by atoms with Gasteiger partial charge in [0.25, 0.3) is 0 Å². The maximum Gasteiger partial charge on any atom is 0.248 e. The summed E-state index contributed by atoms with van der Waals surface area (Å²) in [7, 11) is 0. The Morgan fingerprint density at radius 2 is 1.82 bits per heavy atom. The molecule has 0 spiro atoms. The molecule has 1 fully saturated rings. The maximum absolute atomic E-state index is 12.4. The molecule has 0 saturated carbocycles. The first-order valence-corrected chi connectivity index (χ1v) is 13.0. The number of rotatable bonds is 10. The van der Waals surface area contributed by atoms with Crippen LogP contribution in [-0.4, -0.2) is 52.5 Å². The van der Waals surface area contributed by atoms with Crippen molar-refractivity contribution in [2.24, 2.45) is 5.73 Å². The van der Waals surface area contributed by atoms with Crippen molar-refractivity contribution in [2.45, 2.75) is 84.8 Å². The zero-order valence-corrected chi connectivity index (χ0v) is 21.7. The zero-order valence-electron chi connectivity index (χ0n) is 21.7. The Bertz CT molecular complexity index is 974. The van der Waals surface area contributed by atoms with Crippen molar-refractivity contribution in [2.75, 3.05) is 19.6 Å². The number of nitrogens with two attached hydrogens (primary N) is 1. The third-order valence-corrected chi connectivity index (χ3v) is 7.45. The fraction of sp³-hybridized carbons (Fsp3) is 0.552. The monoisotopic (exact) mass is 465 g/mol. The summed E-state index contributed by atoms with van der Waals surface area (Å²) < 4.78 is 0. The summed E-state index contributed by atoms with van der Waals surface area (Å²) in [5, 5.41) is 10.4. The van der Waals surface area contributed by atoms with Crippen molar-refractivity contribution in [1.82, 2.24) is 9.80 Å². The molecule has 186 valence electrons. The molecule has 1 aliphatic rings. The van der Waals surface area contributed by atoms with Gasteiger partial charge in [0.1, 0.15) is 5.75 Å². The van der Waals surface area contributed by atoms with E-state index in [1.807, 2.05) is 18.2 Å². The average molecular weight is 466 g/mol. The number of hydrogen-bond donors (Lipinski definition) is 2. The molecule has 34 heavy (non-hydrogen) atoms. The Morgan fingerprint density at radius 1 is 1.06 bits per heavy atom. The van der Waals surface area contributed by atoms with Gasteiger partial charge in [-0.3, -0.25) is 14.6 Å². The number of nitrogens with zero attached hydrogens (tertiary/aromatic N) is 2. The number of aromatic hydroxyl groups is 1. The highest BCUT2D eigenvalue weighted by Gasteiger charge is 2.36. The number of piperazine rings is 1. The molecule has 2 aromatic rings. The van der Waals surface area contributed by atoms with Crippen molar-refractivity contribution in [3.8, 4) is 5.75 Å². The van der Waals surface area contributed by atoms with E-state index in [0.717, 1.165) is 43.6 Å². The second-order valence-electron chi connectivity index (χ2n) is 9.83. The van der Waals surface area contributed by atoms with E-state index in [-0.39, 0.29) is 17.7 Å². The number of hydrogen-bond acceptors (Lipinski definition) is 4. The van der Waals surface area contributed by atoms with Crippen LogP contribution in [0.1, 0.15) is 92.5 Å². The Balaban J connectivity index is 2.12. The first kappa shape index (κ1) is 26.2. The molecule has 1 saturated heterocycles. The van der Waals surface area contributed by atoms with Crippen molar-refractivity contribution in [3.63, 3.8) is 0 Å². The minimum Gasteiger partial charge on any atom is -0.508 e. The van der Waals surface area contributed by atoms with Crippen LogP contribution in [0.3, 0.4) is 0 Å². The zero-order chi connectivity index (χ0) is 24.8. The minimum atomic E-state index is -0.377. The van der Waals surface area contributed by atoms with Crippen molar-refractivity contribution in [1.29, 1.82) is 0 Å². The highest BCUT2D eigenvalue weighted by atomic mass is 16.3. The molecule has 1 heterocycles. The van der Waals surface area contributed by atoms with E-state index >= 15 is 0 Å². The number of carbonyl (C=O) groups excluding carboxylic acids is 1. The molecule has 1 amide bonds. The third-order valence-electron chi connectivity index (χ3n) is 7.45. The lowest BCUT2D eigenvalue weighted by molar-refractivity contribution is 0.0228. The third kappa shape index (κ3) is 5.64. The van der Waals surface area contributed by atoms with Gasteiger partial charge in [0, 0.05) is 30.7 Å². The Labute approximate surface area is 206 Å². The van der Waals surface area contributed by atoms with Crippen LogP contribution in [0.25, 0.3) is 0 Å². The van der Waals surface area contributed by atoms with Crippen molar-refractivity contribution >= 4 is 5.91 Å². The van der Waals surface area contributed by atoms with Crippen LogP contribution in [0.5, 0.6) is 5.75 Å². The summed E-state index contributed by atoms with van der Waals surface area (Å²) in [6.45, 7) is 14.2. The first-order chi connectivity index (χ1) is 16.3.